The predicted molar refractivity (Wildman–Crippen MR) is 56.4 cm³/mol. The average molecular weight is 332 g/mol. The first-order chi connectivity index (χ1) is 6.42. The van der Waals surface area contributed by atoms with Crippen LogP contribution in [0, 0.1) is 3.57 Å². The molecule has 78 valence electrons. The van der Waals surface area contributed by atoms with Crippen LogP contribution in [-0.4, -0.2) is 15.5 Å². The fraction of sp³-hybridized carbons (Fsp3) is 0.143. The Kier molecular flexibility index (Phi) is 3.53. The number of hydrogen-bond acceptors (Lipinski definition) is 4. The molecule has 0 N–H and O–H groups in total. The van der Waals surface area contributed by atoms with E-state index in [1.165, 1.54) is 19.2 Å². The standard InChI is InChI=1S/C7H6FIO4S/c1-12-7-4-5(9)2-3-6(7)13-14(8,10)11/h2-4H,1H3. The summed E-state index contributed by atoms with van der Waals surface area (Å²) in [4.78, 5) is 0. The highest BCUT2D eigenvalue weighted by atomic mass is 127. The second-order valence-corrected chi connectivity index (χ2v) is 4.47. The van der Waals surface area contributed by atoms with E-state index < -0.39 is 10.5 Å². The van der Waals surface area contributed by atoms with Crippen LogP contribution in [0.3, 0.4) is 0 Å². The van der Waals surface area contributed by atoms with Gasteiger partial charge >= 0.3 is 10.5 Å². The molecule has 0 saturated heterocycles. The normalized spacial score (nSPS) is 11.1. The molecule has 1 rings (SSSR count). The van der Waals surface area contributed by atoms with E-state index in [9.17, 15) is 12.3 Å². The number of rotatable bonds is 3. The van der Waals surface area contributed by atoms with Gasteiger partial charge < -0.3 is 8.92 Å². The Morgan fingerprint density at radius 3 is 2.50 bits per heavy atom. The molecule has 0 unspecified atom stereocenters. The van der Waals surface area contributed by atoms with Crippen molar-refractivity contribution in [1.29, 1.82) is 0 Å². The first-order valence-electron chi connectivity index (χ1n) is 3.40. The minimum Gasteiger partial charge on any atom is -0.493 e. The molecule has 0 amide bonds. The minimum absolute atomic E-state index is 0.165. The van der Waals surface area contributed by atoms with Crippen molar-refractivity contribution in [2.75, 3.05) is 7.11 Å². The van der Waals surface area contributed by atoms with Gasteiger partial charge in [0, 0.05) is 3.57 Å². The lowest BCUT2D eigenvalue weighted by Crippen LogP contribution is -2.02. The van der Waals surface area contributed by atoms with E-state index in [4.69, 9.17) is 4.74 Å². The van der Waals surface area contributed by atoms with Gasteiger partial charge in [-0.3, -0.25) is 0 Å². The van der Waals surface area contributed by atoms with Crippen molar-refractivity contribution in [2.24, 2.45) is 0 Å². The summed E-state index contributed by atoms with van der Waals surface area (Å²) in [6.07, 6.45) is 0. The van der Waals surface area contributed by atoms with Crippen LogP contribution in [0.4, 0.5) is 3.89 Å². The first-order valence-corrected chi connectivity index (χ1v) is 5.79. The van der Waals surface area contributed by atoms with Gasteiger partial charge in [0.2, 0.25) is 0 Å². The van der Waals surface area contributed by atoms with Crippen LogP contribution in [-0.2, 0) is 10.5 Å². The summed E-state index contributed by atoms with van der Waals surface area (Å²) < 4.78 is 42.3. The molecule has 1 aromatic carbocycles. The van der Waals surface area contributed by atoms with Crippen LogP contribution in [0.25, 0.3) is 0 Å². The Balaban J connectivity index is 3.09. The van der Waals surface area contributed by atoms with Gasteiger partial charge in [-0.25, -0.2) is 0 Å². The average Bonchev–Trinajstić information content (AvgIpc) is 2.06. The zero-order valence-electron chi connectivity index (χ0n) is 7.03. The van der Waals surface area contributed by atoms with Crippen LogP contribution < -0.4 is 8.92 Å². The molecular formula is C7H6FIO4S. The molecule has 0 saturated carbocycles. The van der Waals surface area contributed by atoms with E-state index >= 15 is 0 Å². The van der Waals surface area contributed by atoms with Crippen LogP contribution in [0.2, 0.25) is 0 Å². The fourth-order valence-electron chi connectivity index (χ4n) is 0.818. The number of methoxy groups -OCH3 is 1. The van der Waals surface area contributed by atoms with Crippen LogP contribution >= 0.6 is 22.6 Å². The molecule has 0 aliphatic rings. The molecule has 0 bridgehead atoms. The van der Waals surface area contributed by atoms with Gasteiger partial charge in [-0.1, -0.05) is 3.89 Å². The Hall–Kier alpha value is -0.570. The molecule has 14 heavy (non-hydrogen) atoms. The summed E-state index contributed by atoms with van der Waals surface area (Å²) in [6.45, 7) is 0. The van der Waals surface area contributed by atoms with Gasteiger partial charge in [0.25, 0.3) is 0 Å². The number of ether oxygens (including phenoxy) is 1. The van der Waals surface area contributed by atoms with Crippen molar-refractivity contribution in [1.82, 2.24) is 0 Å². The summed E-state index contributed by atoms with van der Waals surface area (Å²) in [6, 6.07) is 4.42. The third-order valence-electron chi connectivity index (χ3n) is 1.31. The van der Waals surface area contributed by atoms with Crippen LogP contribution in [0.1, 0.15) is 0 Å². The van der Waals surface area contributed by atoms with E-state index in [1.807, 2.05) is 22.6 Å². The van der Waals surface area contributed by atoms with Gasteiger partial charge in [0.1, 0.15) is 0 Å². The molecule has 0 aliphatic carbocycles. The van der Waals surface area contributed by atoms with Crippen LogP contribution in [0.5, 0.6) is 11.5 Å². The van der Waals surface area contributed by atoms with E-state index in [-0.39, 0.29) is 11.5 Å². The molecule has 0 radical (unpaired) electrons. The smallest absolute Gasteiger partial charge is 0.488 e. The number of benzene rings is 1. The molecule has 0 heterocycles. The van der Waals surface area contributed by atoms with Crippen molar-refractivity contribution in [2.45, 2.75) is 0 Å². The summed E-state index contributed by atoms with van der Waals surface area (Å²) in [7, 11) is -3.67. The first kappa shape index (κ1) is 11.5. The summed E-state index contributed by atoms with van der Waals surface area (Å²) in [5, 5.41) is 0. The lowest BCUT2D eigenvalue weighted by molar-refractivity contribution is 0.381. The third kappa shape index (κ3) is 3.29. The van der Waals surface area contributed by atoms with Crippen LogP contribution in [0.15, 0.2) is 18.2 Å². The van der Waals surface area contributed by atoms with Gasteiger partial charge in [-0.2, -0.15) is 8.42 Å². The van der Waals surface area contributed by atoms with Crippen molar-refractivity contribution < 1.29 is 21.2 Å². The third-order valence-corrected chi connectivity index (χ3v) is 2.36. The molecular weight excluding hydrogens is 326 g/mol. The van der Waals surface area contributed by atoms with Crippen molar-refractivity contribution in [3.8, 4) is 11.5 Å². The van der Waals surface area contributed by atoms with Crippen molar-refractivity contribution in [3.63, 3.8) is 0 Å². The Bertz CT molecular complexity index is 431. The maximum absolute atomic E-state index is 12.2. The Labute approximate surface area is 94.6 Å². The molecule has 0 fully saturated rings. The van der Waals surface area contributed by atoms with E-state index in [2.05, 4.69) is 4.18 Å². The molecule has 0 atom stereocenters. The summed E-state index contributed by atoms with van der Waals surface area (Å²) in [5.74, 6) is -0.00598. The van der Waals surface area contributed by atoms with Gasteiger partial charge in [0.05, 0.1) is 7.11 Å². The zero-order chi connectivity index (χ0) is 10.8. The molecule has 0 aromatic heterocycles. The topological polar surface area (TPSA) is 52.6 Å². The monoisotopic (exact) mass is 332 g/mol. The van der Waals surface area contributed by atoms with E-state index in [0.29, 0.717) is 0 Å². The molecule has 0 aliphatic heterocycles. The molecule has 0 spiro atoms. The quantitative estimate of drug-likeness (QED) is 0.627. The SMILES string of the molecule is COc1cc(I)ccc1OS(=O)(=O)F. The second-order valence-electron chi connectivity index (χ2n) is 2.27. The van der Waals surface area contributed by atoms with Crippen molar-refractivity contribution in [3.05, 3.63) is 21.8 Å². The van der Waals surface area contributed by atoms with E-state index in [0.717, 1.165) is 3.57 Å². The maximum atomic E-state index is 12.2. The van der Waals surface area contributed by atoms with Gasteiger partial charge in [-0.15, -0.1) is 0 Å². The Morgan fingerprint density at radius 1 is 1.36 bits per heavy atom. The zero-order valence-corrected chi connectivity index (χ0v) is 10.0. The summed E-state index contributed by atoms with van der Waals surface area (Å²) >= 11 is 2.00. The molecule has 1 aromatic rings. The second kappa shape index (κ2) is 4.30. The van der Waals surface area contributed by atoms with Gasteiger partial charge in [0.15, 0.2) is 11.5 Å². The largest absolute Gasteiger partial charge is 0.493 e. The lowest BCUT2D eigenvalue weighted by Gasteiger charge is -2.06. The Morgan fingerprint density at radius 2 is 2.00 bits per heavy atom. The van der Waals surface area contributed by atoms with Gasteiger partial charge in [-0.05, 0) is 40.8 Å². The minimum atomic E-state index is -5.01. The molecule has 4 nitrogen and oxygen atoms in total. The number of halogens is 2. The maximum Gasteiger partial charge on any atom is 0.488 e. The summed E-state index contributed by atoms with van der Waals surface area (Å²) in [5.41, 5.74) is 0. The highest BCUT2D eigenvalue weighted by Crippen LogP contribution is 2.29. The van der Waals surface area contributed by atoms with E-state index in [1.54, 1.807) is 6.07 Å². The predicted octanol–water partition coefficient (Wildman–Crippen LogP) is 1.89. The number of hydrogen-bond donors (Lipinski definition) is 0. The highest BCUT2D eigenvalue weighted by molar-refractivity contribution is 14.1. The highest BCUT2D eigenvalue weighted by Gasteiger charge is 2.14. The molecule has 7 heteroatoms. The van der Waals surface area contributed by atoms with Crippen molar-refractivity contribution >= 4 is 33.1 Å². The fourth-order valence-corrected chi connectivity index (χ4v) is 1.63. The lowest BCUT2D eigenvalue weighted by atomic mass is 10.3.